The minimum absolute atomic E-state index is 0.0602. The molecule has 5 nitrogen and oxygen atoms in total. The molecule has 0 saturated carbocycles. The Hall–Kier alpha value is -2.18. The number of methoxy groups -OCH3 is 1. The van der Waals surface area contributed by atoms with Crippen LogP contribution in [0.1, 0.15) is 16.2 Å². The summed E-state index contributed by atoms with van der Waals surface area (Å²) in [5.74, 6) is 0.0216. The molecule has 0 unspecified atom stereocenters. The largest absolute Gasteiger partial charge is 0.495 e. The van der Waals surface area contributed by atoms with Gasteiger partial charge in [0.25, 0.3) is 0 Å². The molecule has 0 aliphatic heterocycles. The maximum atomic E-state index is 12.5. The molecule has 122 valence electrons. The Morgan fingerprint density at radius 3 is 2.92 bits per heavy atom. The van der Waals surface area contributed by atoms with Crippen LogP contribution in [-0.4, -0.2) is 17.9 Å². The van der Waals surface area contributed by atoms with E-state index in [-0.39, 0.29) is 34.0 Å². The zero-order valence-electron chi connectivity index (χ0n) is 12.5. The summed E-state index contributed by atoms with van der Waals surface area (Å²) in [4.78, 5) is 28.8. The summed E-state index contributed by atoms with van der Waals surface area (Å²) in [5, 5.41) is 0.608. The molecule has 0 atom stereocenters. The second-order valence-corrected chi connectivity index (χ2v) is 6.32. The van der Waals surface area contributed by atoms with Gasteiger partial charge in [-0.1, -0.05) is 17.7 Å². The zero-order chi connectivity index (χ0) is 17.3. The molecule has 0 spiro atoms. The van der Waals surface area contributed by atoms with E-state index in [0.29, 0.717) is 16.8 Å². The van der Waals surface area contributed by atoms with Gasteiger partial charge < -0.3 is 9.15 Å². The van der Waals surface area contributed by atoms with Crippen LogP contribution in [-0.2, 0) is 6.42 Å². The van der Waals surface area contributed by atoms with Crippen molar-refractivity contribution in [3.63, 3.8) is 0 Å². The molecule has 0 radical (unpaired) electrons. The lowest BCUT2D eigenvalue weighted by atomic mass is 10.1. The third-order valence-electron chi connectivity index (χ3n) is 3.43. The van der Waals surface area contributed by atoms with Crippen LogP contribution in [0.15, 0.2) is 50.2 Å². The monoisotopic (exact) mass is 407 g/mol. The van der Waals surface area contributed by atoms with Crippen LogP contribution in [0.5, 0.6) is 5.75 Å². The zero-order valence-corrected chi connectivity index (χ0v) is 14.8. The molecular formula is C17H11BrClNO4. The molecule has 0 fully saturated rings. The van der Waals surface area contributed by atoms with E-state index in [1.54, 1.807) is 30.5 Å². The maximum Gasteiger partial charge on any atom is 0.204 e. The molecule has 24 heavy (non-hydrogen) atoms. The second kappa shape index (κ2) is 6.75. The predicted octanol–water partition coefficient (Wildman–Crippen LogP) is 4.04. The number of ketones is 1. The van der Waals surface area contributed by atoms with Gasteiger partial charge >= 0.3 is 0 Å². The highest BCUT2D eigenvalue weighted by molar-refractivity contribution is 9.10. The van der Waals surface area contributed by atoms with Crippen LogP contribution in [0.25, 0.3) is 11.0 Å². The summed E-state index contributed by atoms with van der Waals surface area (Å²) in [6, 6.07) is 7.73. The highest BCUT2D eigenvalue weighted by Gasteiger charge is 2.17. The Labute approximate surface area is 150 Å². The van der Waals surface area contributed by atoms with Crippen LogP contribution >= 0.6 is 27.5 Å². The van der Waals surface area contributed by atoms with Crippen molar-refractivity contribution < 1.29 is 13.9 Å². The molecule has 1 aromatic carbocycles. The van der Waals surface area contributed by atoms with Crippen molar-refractivity contribution in [1.29, 1.82) is 0 Å². The number of aromatic nitrogens is 1. The number of halogens is 2. The lowest BCUT2D eigenvalue weighted by Gasteiger charge is -2.07. The minimum atomic E-state index is -0.387. The molecule has 2 heterocycles. The first kappa shape index (κ1) is 16.7. The first-order valence-electron chi connectivity index (χ1n) is 6.93. The van der Waals surface area contributed by atoms with E-state index in [9.17, 15) is 9.59 Å². The Balaban J connectivity index is 2.01. The summed E-state index contributed by atoms with van der Waals surface area (Å²) in [6.45, 7) is 0. The average molecular weight is 409 g/mol. The number of carbonyl (C=O) groups is 1. The lowest BCUT2D eigenvalue weighted by Crippen LogP contribution is -2.11. The van der Waals surface area contributed by atoms with Crippen molar-refractivity contribution in [2.75, 3.05) is 7.11 Å². The van der Waals surface area contributed by atoms with Gasteiger partial charge in [0, 0.05) is 16.7 Å². The molecule has 0 aliphatic carbocycles. The topological polar surface area (TPSA) is 69.4 Å². The maximum absolute atomic E-state index is 12.5. The normalized spacial score (nSPS) is 10.8. The standard InChI is InChI=1S/C17H11BrClNO4/c1-23-15-5-9(18)8-20-12(15)6-14(22)16-7-13(21)10-3-2-4-11(19)17(10)24-16/h2-5,7-8H,6H2,1H3. The number of fused-ring (bicyclic) bond motifs is 1. The van der Waals surface area contributed by atoms with Gasteiger partial charge in [0.15, 0.2) is 16.8 Å². The summed E-state index contributed by atoms with van der Waals surface area (Å²) >= 11 is 9.34. The van der Waals surface area contributed by atoms with Gasteiger partial charge in [-0.2, -0.15) is 0 Å². The molecule has 0 saturated heterocycles. The third-order valence-corrected chi connectivity index (χ3v) is 4.16. The summed E-state index contributed by atoms with van der Waals surface area (Å²) < 4.78 is 11.5. The predicted molar refractivity (Wildman–Crippen MR) is 94.0 cm³/mol. The van der Waals surface area contributed by atoms with Gasteiger partial charge in [0.05, 0.1) is 29.6 Å². The summed E-state index contributed by atoms with van der Waals surface area (Å²) in [5.41, 5.74) is 0.330. The summed E-state index contributed by atoms with van der Waals surface area (Å²) in [6.07, 6.45) is 1.51. The number of ether oxygens (including phenoxy) is 1. The number of para-hydroxylation sites is 1. The van der Waals surface area contributed by atoms with Gasteiger partial charge in [0.2, 0.25) is 5.78 Å². The van der Waals surface area contributed by atoms with E-state index < -0.39 is 0 Å². The molecular weight excluding hydrogens is 398 g/mol. The molecule has 0 amide bonds. The Morgan fingerprint density at radius 2 is 2.17 bits per heavy atom. The van der Waals surface area contributed by atoms with Gasteiger partial charge in [-0.15, -0.1) is 0 Å². The van der Waals surface area contributed by atoms with Crippen LogP contribution in [0.3, 0.4) is 0 Å². The van der Waals surface area contributed by atoms with Gasteiger partial charge in [0.1, 0.15) is 5.75 Å². The van der Waals surface area contributed by atoms with E-state index in [4.69, 9.17) is 20.8 Å². The number of rotatable bonds is 4. The molecule has 0 aliphatic rings. The van der Waals surface area contributed by atoms with E-state index in [1.165, 1.54) is 13.2 Å². The quantitative estimate of drug-likeness (QED) is 0.609. The smallest absolute Gasteiger partial charge is 0.204 e. The van der Waals surface area contributed by atoms with Crippen LogP contribution < -0.4 is 10.2 Å². The fourth-order valence-electron chi connectivity index (χ4n) is 2.28. The molecule has 0 bridgehead atoms. The molecule has 7 heteroatoms. The number of carbonyl (C=O) groups excluding carboxylic acids is 1. The van der Waals surface area contributed by atoms with Gasteiger partial charge in [-0.3, -0.25) is 14.6 Å². The number of hydrogen-bond donors (Lipinski definition) is 0. The Bertz CT molecular complexity index is 1000. The number of Topliss-reactive ketones (excluding diaryl/α,β-unsaturated/α-hetero) is 1. The van der Waals surface area contributed by atoms with Gasteiger partial charge in [-0.25, -0.2) is 0 Å². The highest BCUT2D eigenvalue weighted by atomic mass is 79.9. The lowest BCUT2D eigenvalue weighted by molar-refractivity contribution is 0.0965. The van der Waals surface area contributed by atoms with E-state index in [0.717, 1.165) is 4.47 Å². The first-order chi connectivity index (χ1) is 11.5. The first-order valence-corrected chi connectivity index (χ1v) is 8.10. The van der Waals surface area contributed by atoms with Crippen molar-refractivity contribution in [3.05, 3.63) is 67.7 Å². The second-order valence-electron chi connectivity index (χ2n) is 4.99. The van der Waals surface area contributed by atoms with E-state index in [1.807, 2.05) is 0 Å². The SMILES string of the molecule is COc1cc(Br)cnc1CC(=O)c1cc(=O)c2cccc(Cl)c2o1. The van der Waals surface area contributed by atoms with Crippen molar-refractivity contribution in [3.8, 4) is 5.75 Å². The molecule has 3 rings (SSSR count). The summed E-state index contributed by atoms with van der Waals surface area (Å²) in [7, 11) is 1.49. The van der Waals surface area contributed by atoms with E-state index in [2.05, 4.69) is 20.9 Å². The van der Waals surface area contributed by atoms with Gasteiger partial charge in [-0.05, 0) is 34.1 Å². The highest BCUT2D eigenvalue weighted by Crippen LogP contribution is 2.24. The van der Waals surface area contributed by atoms with Crippen molar-refractivity contribution in [2.45, 2.75) is 6.42 Å². The van der Waals surface area contributed by atoms with Crippen molar-refractivity contribution in [1.82, 2.24) is 4.98 Å². The number of benzene rings is 1. The average Bonchev–Trinajstić information content (AvgIpc) is 2.57. The fourth-order valence-corrected chi connectivity index (χ4v) is 2.80. The van der Waals surface area contributed by atoms with Crippen LogP contribution in [0.2, 0.25) is 5.02 Å². The minimum Gasteiger partial charge on any atom is -0.495 e. The van der Waals surface area contributed by atoms with Crippen LogP contribution in [0, 0.1) is 0 Å². The van der Waals surface area contributed by atoms with Crippen molar-refractivity contribution >= 4 is 44.3 Å². The third kappa shape index (κ3) is 3.20. The van der Waals surface area contributed by atoms with E-state index >= 15 is 0 Å². The number of pyridine rings is 1. The Morgan fingerprint density at radius 1 is 1.38 bits per heavy atom. The van der Waals surface area contributed by atoms with Crippen molar-refractivity contribution in [2.24, 2.45) is 0 Å². The molecule has 3 aromatic rings. The molecule has 2 aromatic heterocycles. The number of hydrogen-bond acceptors (Lipinski definition) is 5. The Kier molecular flexibility index (Phi) is 4.69. The van der Waals surface area contributed by atoms with Crippen LogP contribution in [0.4, 0.5) is 0 Å². The molecule has 0 N–H and O–H groups in total. The number of nitrogens with zero attached hydrogens (tertiary/aromatic N) is 1. The fraction of sp³-hybridized carbons (Fsp3) is 0.118.